The summed E-state index contributed by atoms with van der Waals surface area (Å²) in [5, 5.41) is 18.6. The number of carbonyl (C=O) groups excluding carboxylic acids is 11. The van der Waals surface area contributed by atoms with Crippen LogP contribution in [0.1, 0.15) is 396 Å². The number of amides is 5. The van der Waals surface area contributed by atoms with Gasteiger partial charge < -0.3 is 24.4 Å². The van der Waals surface area contributed by atoms with Crippen LogP contribution < -0.4 is 23.6 Å². The number of carbonyl (C=O) groups is 11. The number of hydrogen-bond donors (Lipinski definition) is 7. The lowest BCUT2D eigenvalue weighted by Gasteiger charge is -2.30. The maximum absolute atomic E-state index is 14.0. The predicted octanol–water partition coefficient (Wildman–Crippen LogP) is 21.3. The highest BCUT2D eigenvalue weighted by Gasteiger charge is 2.57. The Kier molecular flexibility index (Phi) is 73.7. The normalized spacial score (nSPS) is 24.1. The van der Waals surface area contributed by atoms with Crippen LogP contribution in [0.25, 0.3) is 0 Å². The lowest BCUT2D eigenvalue weighted by molar-refractivity contribution is -0.261. The molecule has 145 heavy (non-hydrogen) atoms. The summed E-state index contributed by atoms with van der Waals surface area (Å²) < 4.78 is 257. The Labute approximate surface area is 867 Å². The Hall–Kier alpha value is -6.26. The number of sulfonamides is 5. The molecular weight excluding hydrogens is 2030 g/mol. The molecule has 0 aromatic rings. The van der Waals surface area contributed by atoms with Crippen molar-refractivity contribution in [3.63, 3.8) is 0 Å². The van der Waals surface area contributed by atoms with Gasteiger partial charge in [0, 0.05) is 52.8 Å². The fourth-order valence-electron chi connectivity index (χ4n) is 15.5. The van der Waals surface area contributed by atoms with Crippen molar-refractivity contribution in [2.24, 2.45) is 104 Å². The standard InChI is InChI=1S/C12H21F3O3.C12H23NO3S.C12H20O5.C11H16F3NO3S.C11H19NO3S.C10H19FO.C7H12F3NO3S.C7H15NO3S.C7H10O2.10CH4/c1-6-10(3,4)9(16)18-8(2)7-11(5,17)12(13,14)15;1-4-12(2,3)11(14)13-17(15,16)10-8-6-5-7-9-10;1-5-12(3,4)11(15)17-7-6-16-10(14)8-9(2)13;1-5-6(2)8-3-7(5)4-9(8)10(16)15-19(17,18)11(12,13)14;1-6-7(2)9-4-8(6)5-10(9)11(13)12-16(3,14)15;1-4-8-6-9(3,12)7-10(8,11)5-2;1-4-6(2,3)5(12)11-15(13,14)7(8,9)10;1-5-7(2,3)6(9)8-12(4,10)11;1-4-5(2)7(9)3-6(4)8;;;;;;;;;;/h8,17H,6-7H2,1-5H3;10H,4-9H2,1-3H3,(H,13,14);5-8H2,1-4H3;5-9H,3-4H2,1-2H3,(H,15,16);6-10H,4-5H2,1-3H3,(H,12,13);8,12H,4-7H2,1-3H3;4H2,1-3H3,(H,11,12);5H2,1-4H3,(H,8,9);4-5H,3H2,1-2H3;10*1H4. The fraction of sp³-hybridized carbons (Fsp3) is 0.889. The minimum Gasteiger partial charge on any atom is -0.462 e. The van der Waals surface area contributed by atoms with Crippen molar-refractivity contribution in [3.05, 3.63) is 0 Å². The molecule has 872 valence electrons. The first kappa shape index (κ1) is 164. The topological polar surface area (TPSA) is 487 Å². The van der Waals surface area contributed by atoms with Crippen LogP contribution in [-0.4, -0.2) is 188 Å². The predicted molar refractivity (Wildman–Crippen MR) is 555 cm³/mol. The molecule has 5 amide bonds. The van der Waals surface area contributed by atoms with Gasteiger partial charge in [-0.05, 0) is 192 Å². The zero-order chi connectivity index (χ0) is 107. The molecule has 0 aromatic carbocycles. The second kappa shape index (κ2) is 65.2. The van der Waals surface area contributed by atoms with Crippen LogP contribution in [0, 0.1) is 104 Å². The van der Waals surface area contributed by atoms with E-state index < -0.39 is 159 Å². The third-order valence-corrected chi connectivity index (χ3v) is 32.7. The third kappa shape index (κ3) is 53.0. The van der Waals surface area contributed by atoms with Crippen LogP contribution in [0.4, 0.5) is 43.9 Å². The van der Waals surface area contributed by atoms with Gasteiger partial charge in [-0.2, -0.15) is 56.3 Å². The molecule has 7 N–H and O–H groups in total. The quantitative estimate of drug-likeness (QED) is 0.0126. The number of Topliss-reactive ketones (excluding diaryl/α,β-unsaturated/α-hetero) is 3. The molecule has 7 rings (SSSR count). The molecule has 0 radical (unpaired) electrons. The maximum atomic E-state index is 14.0. The van der Waals surface area contributed by atoms with E-state index >= 15 is 0 Å². The highest BCUT2D eigenvalue weighted by Crippen LogP contribution is 2.57. The van der Waals surface area contributed by atoms with Crippen LogP contribution in [-0.2, 0) is 117 Å². The van der Waals surface area contributed by atoms with E-state index in [0.717, 1.165) is 62.2 Å². The average Bonchev–Trinajstić information content (AvgIpc) is 1.61. The van der Waals surface area contributed by atoms with E-state index in [1.165, 1.54) is 32.4 Å². The molecule has 0 saturated heterocycles. The lowest BCUT2D eigenvalue weighted by atomic mass is 9.75. The number of rotatable bonds is 28. The highest BCUT2D eigenvalue weighted by atomic mass is 32.2. The van der Waals surface area contributed by atoms with Crippen molar-refractivity contribution in [3.8, 4) is 0 Å². The van der Waals surface area contributed by atoms with E-state index in [1.54, 1.807) is 76.2 Å². The van der Waals surface area contributed by atoms with E-state index in [9.17, 15) is 149 Å². The lowest BCUT2D eigenvalue weighted by Crippen LogP contribution is -2.45. The van der Waals surface area contributed by atoms with Gasteiger partial charge in [-0.15, -0.1) is 0 Å². The Balaban J connectivity index is -0.000000137. The zero-order valence-electron chi connectivity index (χ0n) is 83.9. The van der Waals surface area contributed by atoms with E-state index in [-0.39, 0.29) is 183 Å². The van der Waals surface area contributed by atoms with Gasteiger partial charge >= 0.3 is 55.1 Å². The van der Waals surface area contributed by atoms with Crippen molar-refractivity contribution in [1.29, 1.82) is 0 Å². The molecule has 0 spiro atoms. The van der Waals surface area contributed by atoms with Crippen molar-refractivity contribution < 1.29 is 163 Å². The number of fused-ring (bicyclic) bond motifs is 4. The van der Waals surface area contributed by atoms with E-state index in [2.05, 4.69) is 30.2 Å². The summed E-state index contributed by atoms with van der Waals surface area (Å²) in [6, 6.07) is 0. The second-order valence-corrected chi connectivity index (χ2v) is 49.4. The minimum atomic E-state index is -5.59. The largest absolute Gasteiger partial charge is 0.516 e. The van der Waals surface area contributed by atoms with Gasteiger partial charge in [-0.25, -0.2) is 39.1 Å². The molecule has 0 heterocycles. The number of hydrogen-bond acceptors (Lipinski definition) is 26. The van der Waals surface area contributed by atoms with Crippen LogP contribution >= 0.6 is 0 Å². The summed E-state index contributed by atoms with van der Waals surface area (Å²) in [4.78, 5) is 124. The third-order valence-electron chi connectivity index (χ3n) is 27.6. The van der Waals surface area contributed by atoms with E-state index in [4.69, 9.17) is 14.2 Å². The monoisotopic (exact) mass is 2220 g/mol. The average molecular weight is 2220 g/mol. The molecule has 17 unspecified atom stereocenters. The van der Waals surface area contributed by atoms with Crippen LogP contribution in [0.3, 0.4) is 0 Å². The number of halogens is 10. The molecule has 17 atom stereocenters. The maximum Gasteiger partial charge on any atom is 0.516 e. The second-order valence-electron chi connectivity index (χ2n) is 40.6. The molecule has 7 fully saturated rings. The molecule has 7 aliphatic rings. The first-order valence-corrected chi connectivity index (χ1v) is 53.9. The summed E-state index contributed by atoms with van der Waals surface area (Å²) >= 11 is 0. The molecule has 7 saturated carbocycles. The molecule has 46 heteroatoms. The number of alkyl halides is 10. The number of esters is 3. The minimum absolute atomic E-state index is 0. The first-order valence-electron chi connectivity index (χ1n) is 45.6. The number of ether oxygens (including phenoxy) is 3. The van der Waals surface area contributed by atoms with Crippen LogP contribution in [0.15, 0.2) is 0 Å². The highest BCUT2D eigenvalue weighted by molar-refractivity contribution is 7.91. The smallest absolute Gasteiger partial charge is 0.462 e. The van der Waals surface area contributed by atoms with Crippen molar-refractivity contribution in [2.75, 3.05) is 25.7 Å². The summed E-state index contributed by atoms with van der Waals surface area (Å²) in [5.74, 6) is -2.37. The molecule has 7 aliphatic carbocycles. The molecule has 0 aromatic heterocycles. The Morgan fingerprint density at radius 3 is 1.09 bits per heavy atom. The van der Waals surface area contributed by atoms with Gasteiger partial charge in [0.25, 0.3) is 0 Å². The van der Waals surface area contributed by atoms with Gasteiger partial charge in [0.1, 0.15) is 48.8 Å². The van der Waals surface area contributed by atoms with Gasteiger partial charge in [0.2, 0.25) is 59.6 Å². The summed E-state index contributed by atoms with van der Waals surface area (Å²) in [6.45, 7) is 46.5. The molecular formula is C99H195F10N5O26S5. The van der Waals surface area contributed by atoms with Gasteiger partial charge in [0.15, 0.2) is 5.60 Å². The molecule has 0 aliphatic heterocycles. The Morgan fingerprint density at radius 1 is 0.469 bits per heavy atom. The molecule has 31 nitrogen and oxygen atoms in total. The van der Waals surface area contributed by atoms with E-state index in [0.29, 0.717) is 107 Å². The van der Waals surface area contributed by atoms with Crippen LogP contribution in [0.5, 0.6) is 0 Å². The van der Waals surface area contributed by atoms with Crippen LogP contribution in [0.2, 0.25) is 0 Å². The summed E-state index contributed by atoms with van der Waals surface area (Å²) in [7, 11) is -21.5. The van der Waals surface area contributed by atoms with Gasteiger partial charge in [-0.1, -0.05) is 232 Å². The zero-order valence-corrected chi connectivity index (χ0v) is 88.0. The summed E-state index contributed by atoms with van der Waals surface area (Å²) in [5.41, 5.74) is -19.3. The van der Waals surface area contributed by atoms with Gasteiger partial charge in [0.05, 0.1) is 40.6 Å². The van der Waals surface area contributed by atoms with Gasteiger partial charge in [-0.3, -0.25) is 66.9 Å². The van der Waals surface area contributed by atoms with Crippen molar-refractivity contribution in [2.45, 2.75) is 441 Å². The van der Waals surface area contributed by atoms with Crippen molar-refractivity contribution in [1.82, 2.24) is 23.6 Å². The molecule has 4 bridgehead atoms. The fourth-order valence-corrected chi connectivity index (χ4v) is 19.4. The van der Waals surface area contributed by atoms with Crippen molar-refractivity contribution >= 4 is 115 Å². The SMILES string of the molecule is C.C.C.C.C.C.C.C.C.C.CC1C(=O)CC(=O)C1C.CC1C2CC(C(=O)NS(=O)(=O)C(F)(F)F)C(C2)C1C.CC1C2CC(C(=O)NS(C)(=O)=O)C(C2)C1C.CCC(C)(C)C(=O)NS(=O)(=O)C(F)(F)F.CCC(C)(C)C(=O)NS(=O)(=O)C1CCCCC1.CCC(C)(C)C(=O)NS(C)(=O)=O.CCC(C)(C)C(=O)OC(C)CC(C)(O)C(F)(F)F.CCC(C)(C)C(=O)OCCOC(=O)CC(C)=O.CCC1CC(C)(O)CC1(F)CC. The number of aliphatic hydroxyl groups is 2. The number of ketones is 3. The summed E-state index contributed by atoms with van der Waals surface area (Å²) in [6.07, 6.45) is 8.02. The first-order chi connectivity index (χ1) is 60.4. The Morgan fingerprint density at radius 2 is 0.800 bits per heavy atom. The number of nitrogens with one attached hydrogen (secondary N) is 5. The van der Waals surface area contributed by atoms with E-state index in [1.807, 2.05) is 60.1 Å². The Bertz CT molecular complexity index is 4560.